The predicted octanol–water partition coefficient (Wildman–Crippen LogP) is 3.26. The first-order valence-corrected chi connectivity index (χ1v) is 8.58. The van der Waals surface area contributed by atoms with Crippen LogP contribution in [0.4, 0.5) is 0 Å². The molecule has 2 N–H and O–H groups in total. The molecule has 1 saturated heterocycles. The Balaban J connectivity index is 1.48. The van der Waals surface area contributed by atoms with E-state index in [9.17, 15) is 9.59 Å². The van der Waals surface area contributed by atoms with Crippen LogP contribution in [0.5, 0.6) is 0 Å². The third-order valence-electron chi connectivity index (χ3n) is 5.35. The van der Waals surface area contributed by atoms with Gasteiger partial charge in [0.05, 0.1) is 5.92 Å². The molecule has 4 rings (SSSR count). The fraction of sp³-hybridized carbons (Fsp3) is 0.412. The van der Waals surface area contributed by atoms with Crippen LogP contribution in [-0.2, 0) is 4.79 Å². The molecule has 0 bridgehead atoms. The van der Waals surface area contributed by atoms with Crippen LogP contribution in [0.25, 0.3) is 10.9 Å². The Hall–Kier alpha value is -1.82. The quantitative estimate of drug-likeness (QED) is 0.844. The van der Waals surface area contributed by atoms with Gasteiger partial charge in [0.15, 0.2) is 0 Å². The summed E-state index contributed by atoms with van der Waals surface area (Å²) in [5.74, 6) is -0.893. The highest BCUT2D eigenvalue weighted by molar-refractivity contribution is 9.10. The van der Waals surface area contributed by atoms with Gasteiger partial charge in [-0.2, -0.15) is 0 Å². The van der Waals surface area contributed by atoms with E-state index in [1.165, 1.54) is 0 Å². The van der Waals surface area contributed by atoms with Crippen molar-refractivity contribution < 1.29 is 14.7 Å². The van der Waals surface area contributed by atoms with Crippen LogP contribution in [0.2, 0.25) is 0 Å². The Kier molecular flexibility index (Phi) is 3.27. The summed E-state index contributed by atoms with van der Waals surface area (Å²) in [5, 5.41) is 10.1. The number of fused-ring (bicyclic) bond motifs is 1. The normalized spacial score (nSPS) is 22.5. The maximum Gasteiger partial charge on any atom is 0.307 e. The van der Waals surface area contributed by atoms with Gasteiger partial charge in [0.2, 0.25) is 0 Å². The standard InChI is InChI=1S/C17H17BrN2O3/c18-11-2-1-10-7-14(19-13(10)8-11)15(21)20-5-3-17(4-6-20)9-12(17)16(22)23/h1-2,7-8,12,19H,3-6,9H2,(H,22,23). The maximum absolute atomic E-state index is 12.7. The molecule has 6 heteroatoms. The average molecular weight is 377 g/mol. The fourth-order valence-corrected chi connectivity index (χ4v) is 4.15. The number of halogens is 1. The number of likely N-dealkylation sites (tertiary alicyclic amines) is 1. The molecule has 5 nitrogen and oxygen atoms in total. The van der Waals surface area contributed by atoms with Gasteiger partial charge in [-0.25, -0.2) is 0 Å². The van der Waals surface area contributed by atoms with Crippen molar-refractivity contribution in [2.24, 2.45) is 11.3 Å². The number of amides is 1. The number of carboxylic acids is 1. The van der Waals surface area contributed by atoms with Crippen molar-refractivity contribution in [3.63, 3.8) is 0 Å². The zero-order chi connectivity index (χ0) is 16.2. The van der Waals surface area contributed by atoms with E-state index in [-0.39, 0.29) is 17.2 Å². The van der Waals surface area contributed by atoms with Crippen molar-refractivity contribution in [1.29, 1.82) is 0 Å². The number of nitrogens with zero attached hydrogens (tertiary/aromatic N) is 1. The number of hydrogen-bond donors (Lipinski definition) is 2. The second-order valence-corrected chi connectivity index (χ2v) is 7.58. The molecule has 2 aromatic rings. The van der Waals surface area contributed by atoms with E-state index in [1.807, 2.05) is 29.2 Å². The summed E-state index contributed by atoms with van der Waals surface area (Å²) in [6.45, 7) is 1.28. The number of piperidine rings is 1. The third kappa shape index (κ3) is 2.45. The van der Waals surface area contributed by atoms with Gasteiger partial charge in [-0.05, 0) is 42.9 Å². The Labute approximate surface area is 141 Å². The Morgan fingerprint density at radius 2 is 2.00 bits per heavy atom. The second kappa shape index (κ2) is 5.09. The number of aromatic nitrogens is 1. The smallest absolute Gasteiger partial charge is 0.307 e. The van der Waals surface area contributed by atoms with Gasteiger partial charge in [0.1, 0.15) is 5.69 Å². The topological polar surface area (TPSA) is 73.4 Å². The number of H-pyrrole nitrogens is 1. The highest BCUT2D eigenvalue weighted by Gasteiger charge is 2.59. The lowest BCUT2D eigenvalue weighted by molar-refractivity contribution is -0.139. The van der Waals surface area contributed by atoms with Crippen LogP contribution in [0, 0.1) is 11.3 Å². The highest BCUT2D eigenvalue weighted by Crippen LogP contribution is 2.59. The average Bonchev–Trinajstić information content (AvgIpc) is 3.06. The molecule has 1 atom stereocenters. The summed E-state index contributed by atoms with van der Waals surface area (Å²) in [6.07, 6.45) is 2.35. The number of rotatable bonds is 2. The number of aromatic amines is 1. The number of aliphatic carboxylic acids is 1. The van der Waals surface area contributed by atoms with E-state index in [2.05, 4.69) is 20.9 Å². The Morgan fingerprint density at radius 3 is 2.65 bits per heavy atom. The number of carbonyl (C=O) groups is 2. The first-order chi connectivity index (χ1) is 11.0. The first kappa shape index (κ1) is 14.8. The summed E-state index contributed by atoms with van der Waals surface area (Å²) < 4.78 is 0.971. The fourth-order valence-electron chi connectivity index (χ4n) is 3.79. The molecule has 1 aliphatic heterocycles. The summed E-state index contributed by atoms with van der Waals surface area (Å²) in [7, 11) is 0. The van der Waals surface area contributed by atoms with Gasteiger partial charge in [-0.3, -0.25) is 9.59 Å². The Bertz CT molecular complexity index is 805. The number of carboxylic acid groups (broad SMARTS) is 1. The van der Waals surface area contributed by atoms with Crippen molar-refractivity contribution >= 4 is 38.7 Å². The highest BCUT2D eigenvalue weighted by atomic mass is 79.9. The number of nitrogens with one attached hydrogen (secondary N) is 1. The molecule has 1 unspecified atom stereocenters. The molecule has 1 spiro atoms. The van der Waals surface area contributed by atoms with Gasteiger partial charge < -0.3 is 15.0 Å². The molecule has 1 aliphatic carbocycles. The van der Waals surface area contributed by atoms with Crippen LogP contribution in [0.3, 0.4) is 0 Å². The summed E-state index contributed by atoms with van der Waals surface area (Å²) in [5.41, 5.74) is 1.48. The number of hydrogen-bond acceptors (Lipinski definition) is 2. The molecule has 1 aromatic carbocycles. The second-order valence-electron chi connectivity index (χ2n) is 6.66. The molecule has 23 heavy (non-hydrogen) atoms. The Morgan fingerprint density at radius 1 is 1.26 bits per heavy atom. The van der Waals surface area contributed by atoms with Crippen molar-refractivity contribution in [3.8, 4) is 0 Å². The molecule has 120 valence electrons. The van der Waals surface area contributed by atoms with Gasteiger partial charge in [0.25, 0.3) is 5.91 Å². The maximum atomic E-state index is 12.7. The van der Waals surface area contributed by atoms with E-state index >= 15 is 0 Å². The largest absolute Gasteiger partial charge is 0.481 e. The van der Waals surface area contributed by atoms with E-state index in [0.29, 0.717) is 18.8 Å². The zero-order valence-corrected chi connectivity index (χ0v) is 14.1. The minimum atomic E-state index is -0.689. The molecule has 1 amide bonds. The lowest BCUT2D eigenvalue weighted by Crippen LogP contribution is -2.40. The van der Waals surface area contributed by atoms with Gasteiger partial charge >= 0.3 is 5.97 Å². The molecule has 0 radical (unpaired) electrons. The van der Waals surface area contributed by atoms with E-state index in [1.54, 1.807) is 0 Å². The SMILES string of the molecule is O=C(O)C1CC12CCN(C(=O)c1cc3ccc(Br)cc3[nH]1)CC2. The molecular formula is C17H17BrN2O3. The summed E-state index contributed by atoms with van der Waals surface area (Å²) in [4.78, 5) is 28.8. The zero-order valence-electron chi connectivity index (χ0n) is 12.5. The van der Waals surface area contributed by atoms with E-state index in [4.69, 9.17) is 5.11 Å². The molecule has 1 aromatic heterocycles. The van der Waals surface area contributed by atoms with Crippen molar-refractivity contribution in [3.05, 3.63) is 34.4 Å². The molecule has 2 fully saturated rings. The van der Waals surface area contributed by atoms with Crippen LogP contribution in [0.15, 0.2) is 28.7 Å². The lowest BCUT2D eigenvalue weighted by Gasteiger charge is -2.32. The van der Waals surface area contributed by atoms with Crippen LogP contribution < -0.4 is 0 Å². The van der Waals surface area contributed by atoms with Crippen LogP contribution >= 0.6 is 15.9 Å². The monoisotopic (exact) mass is 376 g/mol. The van der Waals surface area contributed by atoms with E-state index in [0.717, 1.165) is 34.6 Å². The van der Waals surface area contributed by atoms with Crippen molar-refractivity contribution in [1.82, 2.24) is 9.88 Å². The first-order valence-electron chi connectivity index (χ1n) is 7.79. The van der Waals surface area contributed by atoms with Crippen molar-refractivity contribution in [2.75, 3.05) is 13.1 Å². The van der Waals surface area contributed by atoms with E-state index < -0.39 is 5.97 Å². The predicted molar refractivity (Wildman–Crippen MR) is 89.3 cm³/mol. The molecule has 2 heterocycles. The number of benzene rings is 1. The third-order valence-corrected chi connectivity index (χ3v) is 5.84. The lowest BCUT2D eigenvalue weighted by atomic mass is 9.90. The molecule has 2 aliphatic rings. The molecule has 1 saturated carbocycles. The van der Waals surface area contributed by atoms with Crippen LogP contribution in [-0.4, -0.2) is 40.0 Å². The summed E-state index contributed by atoms with van der Waals surface area (Å²) in [6, 6.07) is 7.76. The van der Waals surface area contributed by atoms with Crippen molar-refractivity contribution in [2.45, 2.75) is 19.3 Å². The van der Waals surface area contributed by atoms with Gasteiger partial charge in [0, 0.05) is 28.5 Å². The number of carbonyl (C=O) groups excluding carboxylic acids is 1. The summed E-state index contributed by atoms with van der Waals surface area (Å²) >= 11 is 3.43. The van der Waals surface area contributed by atoms with Gasteiger partial charge in [-0.15, -0.1) is 0 Å². The van der Waals surface area contributed by atoms with Crippen LogP contribution in [0.1, 0.15) is 29.8 Å². The minimum Gasteiger partial charge on any atom is -0.481 e. The molecular weight excluding hydrogens is 360 g/mol. The minimum absolute atomic E-state index is 0.000280. The van der Waals surface area contributed by atoms with Gasteiger partial charge in [-0.1, -0.05) is 22.0 Å².